The summed E-state index contributed by atoms with van der Waals surface area (Å²) in [6.45, 7) is 3.44. The number of nitrogens with zero attached hydrogens (tertiary/aromatic N) is 4. The number of carbonyl (C=O) groups is 1. The Bertz CT molecular complexity index is 762. The monoisotopic (exact) mass is 314 g/mol. The smallest absolute Gasteiger partial charge is 0.254 e. The van der Waals surface area contributed by atoms with E-state index in [0.717, 1.165) is 31.4 Å². The molecule has 1 saturated heterocycles. The third-order valence-corrected chi connectivity index (χ3v) is 4.40. The van der Waals surface area contributed by atoms with Crippen LogP contribution in [0.3, 0.4) is 0 Å². The van der Waals surface area contributed by atoms with Gasteiger partial charge in [0.05, 0.1) is 18.8 Å². The minimum atomic E-state index is -0.160. The van der Waals surface area contributed by atoms with Crippen LogP contribution in [0.25, 0.3) is 0 Å². The van der Waals surface area contributed by atoms with Gasteiger partial charge in [-0.1, -0.05) is 0 Å². The second kappa shape index (κ2) is 6.40. The number of hydrogen-bond acceptors (Lipinski definition) is 3. The molecular formula is C17H22N4O2. The fourth-order valence-electron chi connectivity index (χ4n) is 3.09. The number of rotatable bonds is 3. The van der Waals surface area contributed by atoms with Gasteiger partial charge < -0.3 is 9.47 Å². The van der Waals surface area contributed by atoms with E-state index in [9.17, 15) is 9.59 Å². The summed E-state index contributed by atoms with van der Waals surface area (Å²) in [6, 6.07) is 3.26. The lowest BCUT2D eigenvalue weighted by molar-refractivity contribution is 0.0583. The molecule has 1 atom stereocenters. The Morgan fingerprint density at radius 1 is 1.39 bits per heavy atom. The number of amides is 1. The van der Waals surface area contributed by atoms with E-state index >= 15 is 0 Å². The lowest BCUT2D eigenvalue weighted by Crippen LogP contribution is -2.46. The average Bonchev–Trinajstić information content (AvgIpc) is 2.95. The molecule has 3 heterocycles. The first-order valence-corrected chi connectivity index (χ1v) is 8.01. The van der Waals surface area contributed by atoms with Gasteiger partial charge in [-0.25, -0.2) is 0 Å². The Morgan fingerprint density at radius 3 is 2.91 bits per heavy atom. The molecule has 1 aliphatic rings. The van der Waals surface area contributed by atoms with Crippen LogP contribution in [0.4, 0.5) is 0 Å². The van der Waals surface area contributed by atoms with Crippen LogP contribution in [0.1, 0.15) is 35.2 Å². The Morgan fingerprint density at radius 2 is 2.22 bits per heavy atom. The highest BCUT2D eigenvalue weighted by molar-refractivity contribution is 5.94. The van der Waals surface area contributed by atoms with Crippen molar-refractivity contribution in [2.75, 3.05) is 6.54 Å². The van der Waals surface area contributed by atoms with Gasteiger partial charge in [0, 0.05) is 37.6 Å². The van der Waals surface area contributed by atoms with Crippen LogP contribution < -0.4 is 5.56 Å². The van der Waals surface area contributed by atoms with Crippen molar-refractivity contribution in [1.29, 1.82) is 0 Å². The first-order valence-electron chi connectivity index (χ1n) is 8.01. The standard InChI is InChI=1S/C17H22N4O2/c1-13-10-18-20(11-13)12-15-5-3-4-7-21(15)17(23)14-6-8-19(2)16(22)9-14/h6,8-11,15H,3-5,7,12H2,1-2H3. The first-order chi connectivity index (χ1) is 11.0. The summed E-state index contributed by atoms with van der Waals surface area (Å²) in [5.74, 6) is -0.0590. The lowest BCUT2D eigenvalue weighted by Gasteiger charge is -2.35. The van der Waals surface area contributed by atoms with Gasteiger partial charge in [0.1, 0.15) is 0 Å². The Hall–Kier alpha value is -2.37. The summed E-state index contributed by atoms with van der Waals surface area (Å²) >= 11 is 0. The molecule has 0 radical (unpaired) electrons. The van der Waals surface area contributed by atoms with E-state index < -0.39 is 0 Å². The molecule has 0 spiro atoms. The topological polar surface area (TPSA) is 60.1 Å². The van der Waals surface area contributed by atoms with Crippen LogP contribution in [-0.2, 0) is 13.6 Å². The summed E-state index contributed by atoms with van der Waals surface area (Å²) in [5, 5.41) is 4.33. The molecule has 1 amide bonds. The quantitative estimate of drug-likeness (QED) is 0.864. The molecule has 0 saturated carbocycles. The van der Waals surface area contributed by atoms with Crippen LogP contribution in [0.15, 0.2) is 35.5 Å². The largest absolute Gasteiger partial charge is 0.334 e. The maximum absolute atomic E-state index is 12.8. The van der Waals surface area contributed by atoms with Crippen molar-refractivity contribution < 1.29 is 4.79 Å². The summed E-state index contributed by atoms with van der Waals surface area (Å²) in [5.41, 5.74) is 1.42. The highest BCUT2D eigenvalue weighted by Crippen LogP contribution is 2.20. The van der Waals surface area contributed by atoms with Crippen molar-refractivity contribution in [1.82, 2.24) is 19.2 Å². The molecule has 0 aromatic carbocycles. The molecule has 3 rings (SSSR count). The van der Waals surface area contributed by atoms with Gasteiger partial charge >= 0.3 is 0 Å². The van der Waals surface area contributed by atoms with Crippen molar-refractivity contribution in [3.05, 3.63) is 52.2 Å². The second-order valence-electron chi connectivity index (χ2n) is 6.25. The SMILES string of the molecule is Cc1cnn(CC2CCCCN2C(=O)c2ccn(C)c(=O)c2)c1. The maximum atomic E-state index is 12.8. The van der Waals surface area contributed by atoms with E-state index in [2.05, 4.69) is 5.10 Å². The van der Waals surface area contributed by atoms with Crippen LogP contribution in [0.2, 0.25) is 0 Å². The number of aryl methyl sites for hydroxylation is 2. The van der Waals surface area contributed by atoms with Gasteiger partial charge in [-0.05, 0) is 37.8 Å². The van der Waals surface area contributed by atoms with Crippen LogP contribution in [-0.4, -0.2) is 37.7 Å². The molecule has 0 bridgehead atoms. The molecule has 6 heteroatoms. The predicted octanol–water partition coefficient (Wildman–Crippen LogP) is 1.59. The molecule has 0 N–H and O–H groups in total. The van der Waals surface area contributed by atoms with Gasteiger partial charge in [-0.15, -0.1) is 0 Å². The highest BCUT2D eigenvalue weighted by Gasteiger charge is 2.28. The van der Waals surface area contributed by atoms with E-state index in [-0.39, 0.29) is 17.5 Å². The second-order valence-corrected chi connectivity index (χ2v) is 6.25. The van der Waals surface area contributed by atoms with E-state index in [1.807, 2.05) is 28.9 Å². The van der Waals surface area contributed by atoms with Crippen LogP contribution in [0, 0.1) is 6.92 Å². The summed E-state index contributed by atoms with van der Waals surface area (Å²) in [6.07, 6.45) is 8.56. The highest BCUT2D eigenvalue weighted by atomic mass is 16.2. The molecule has 1 fully saturated rings. The van der Waals surface area contributed by atoms with Crippen molar-refractivity contribution in [2.24, 2.45) is 7.05 Å². The Kier molecular flexibility index (Phi) is 4.32. The van der Waals surface area contributed by atoms with Crippen molar-refractivity contribution in [3.8, 4) is 0 Å². The van der Waals surface area contributed by atoms with Crippen molar-refractivity contribution in [3.63, 3.8) is 0 Å². The van der Waals surface area contributed by atoms with Gasteiger partial charge in [0.2, 0.25) is 0 Å². The molecule has 1 unspecified atom stereocenters. The number of hydrogen-bond donors (Lipinski definition) is 0. The summed E-state index contributed by atoms with van der Waals surface area (Å²) in [4.78, 5) is 26.5. The zero-order valence-corrected chi connectivity index (χ0v) is 13.6. The zero-order chi connectivity index (χ0) is 16.4. The first kappa shape index (κ1) is 15.5. The molecule has 122 valence electrons. The molecule has 2 aromatic heterocycles. The Balaban J connectivity index is 1.81. The van der Waals surface area contributed by atoms with E-state index in [1.165, 1.54) is 10.6 Å². The molecule has 1 aliphatic heterocycles. The van der Waals surface area contributed by atoms with Gasteiger partial charge in [0.25, 0.3) is 11.5 Å². The average molecular weight is 314 g/mol. The fraction of sp³-hybridized carbons (Fsp3) is 0.471. The number of carbonyl (C=O) groups excluding carboxylic acids is 1. The zero-order valence-electron chi connectivity index (χ0n) is 13.6. The lowest BCUT2D eigenvalue weighted by atomic mass is 10.0. The Labute approximate surface area is 135 Å². The predicted molar refractivity (Wildman–Crippen MR) is 87.3 cm³/mol. The molecule has 23 heavy (non-hydrogen) atoms. The van der Waals surface area contributed by atoms with E-state index in [1.54, 1.807) is 19.3 Å². The summed E-state index contributed by atoms with van der Waals surface area (Å²) < 4.78 is 3.37. The molecule has 2 aromatic rings. The fourth-order valence-corrected chi connectivity index (χ4v) is 3.09. The van der Waals surface area contributed by atoms with E-state index in [0.29, 0.717) is 12.1 Å². The summed E-state index contributed by atoms with van der Waals surface area (Å²) in [7, 11) is 1.68. The molecule has 0 aliphatic carbocycles. The van der Waals surface area contributed by atoms with Gasteiger partial charge in [-0.2, -0.15) is 5.10 Å². The van der Waals surface area contributed by atoms with Crippen LogP contribution >= 0.6 is 0 Å². The van der Waals surface area contributed by atoms with Gasteiger partial charge in [-0.3, -0.25) is 14.3 Å². The van der Waals surface area contributed by atoms with Gasteiger partial charge in [0.15, 0.2) is 0 Å². The van der Waals surface area contributed by atoms with E-state index in [4.69, 9.17) is 0 Å². The normalized spacial score (nSPS) is 18.2. The number of pyridine rings is 1. The number of piperidine rings is 1. The van der Waals surface area contributed by atoms with Crippen LogP contribution in [0.5, 0.6) is 0 Å². The third-order valence-electron chi connectivity index (χ3n) is 4.40. The number of likely N-dealkylation sites (tertiary alicyclic amines) is 1. The number of aromatic nitrogens is 3. The van der Waals surface area contributed by atoms with Crippen molar-refractivity contribution >= 4 is 5.91 Å². The molecular weight excluding hydrogens is 292 g/mol. The molecule has 6 nitrogen and oxygen atoms in total. The minimum Gasteiger partial charge on any atom is -0.334 e. The minimum absolute atomic E-state index is 0.0590. The maximum Gasteiger partial charge on any atom is 0.254 e. The third kappa shape index (κ3) is 3.36. The van der Waals surface area contributed by atoms with Crippen molar-refractivity contribution in [2.45, 2.75) is 38.8 Å².